The highest BCUT2D eigenvalue weighted by atomic mass is 16.5. The first-order valence-corrected chi connectivity index (χ1v) is 8.47. The summed E-state index contributed by atoms with van der Waals surface area (Å²) in [5.74, 6) is 1.43. The maximum Gasteiger partial charge on any atom is 0.258 e. The molecule has 26 heavy (non-hydrogen) atoms. The van der Waals surface area contributed by atoms with Crippen LogP contribution in [0.3, 0.4) is 0 Å². The van der Waals surface area contributed by atoms with Gasteiger partial charge in [-0.3, -0.25) is 4.79 Å². The third kappa shape index (κ3) is 3.35. The fraction of sp³-hybridized carbons (Fsp3) is 0.0909. The van der Waals surface area contributed by atoms with Crippen LogP contribution in [0.2, 0.25) is 0 Å². The van der Waals surface area contributed by atoms with E-state index in [1.807, 2.05) is 72.8 Å². The van der Waals surface area contributed by atoms with Gasteiger partial charge in [0.2, 0.25) is 0 Å². The summed E-state index contributed by atoms with van der Waals surface area (Å²) < 4.78 is 5.82. The molecule has 4 nitrogen and oxygen atoms in total. The lowest BCUT2D eigenvalue weighted by molar-refractivity contribution is 0.306. The monoisotopic (exact) mass is 342 g/mol. The lowest BCUT2D eigenvalue weighted by Gasteiger charge is -2.08. The molecule has 0 bridgehead atoms. The maximum atomic E-state index is 12.1. The quantitative estimate of drug-likeness (QED) is 0.595. The number of benzene rings is 3. The van der Waals surface area contributed by atoms with Crippen LogP contribution in [-0.2, 0) is 6.61 Å². The Hall–Kier alpha value is -3.40. The van der Waals surface area contributed by atoms with Crippen LogP contribution >= 0.6 is 0 Å². The van der Waals surface area contributed by atoms with Gasteiger partial charge in [0.05, 0.1) is 10.9 Å². The van der Waals surface area contributed by atoms with Crippen molar-refractivity contribution in [1.82, 2.24) is 9.97 Å². The lowest BCUT2D eigenvalue weighted by atomic mass is 10.0. The van der Waals surface area contributed by atoms with Crippen LogP contribution in [0.4, 0.5) is 0 Å². The van der Waals surface area contributed by atoms with Gasteiger partial charge in [0.1, 0.15) is 18.2 Å². The molecule has 0 aliphatic rings. The standard InChI is InChI=1S/C22H18N2O2/c1-15-23-21-12-9-18(13-20(21)22(25)24-15)17-7-10-19(11-8-17)26-14-16-5-3-2-4-6-16/h2-13H,14H2,1H3,(H,23,24,25). The van der Waals surface area contributed by atoms with Gasteiger partial charge >= 0.3 is 0 Å². The molecule has 1 N–H and O–H groups in total. The summed E-state index contributed by atoms with van der Waals surface area (Å²) in [7, 11) is 0. The van der Waals surface area contributed by atoms with Crippen LogP contribution in [0.15, 0.2) is 77.6 Å². The maximum absolute atomic E-state index is 12.1. The molecule has 4 aromatic rings. The number of hydrogen-bond acceptors (Lipinski definition) is 3. The smallest absolute Gasteiger partial charge is 0.258 e. The van der Waals surface area contributed by atoms with Crippen molar-refractivity contribution in [1.29, 1.82) is 0 Å². The highest BCUT2D eigenvalue weighted by Crippen LogP contribution is 2.25. The highest BCUT2D eigenvalue weighted by molar-refractivity contribution is 5.83. The Morgan fingerprint density at radius 2 is 1.65 bits per heavy atom. The Bertz CT molecular complexity index is 1100. The number of aryl methyl sites for hydroxylation is 1. The fourth-order valence-corrected chi connectivity index (χ4v) is 2.92. The van der Waals surface area contributed by atoms with Gasteiger partial charge in [-0.1, -0.05) is 48.5 Å². The van der Waals surface area contributed by atoms with Crippen molar-refractivity contribution >= 4 is 10.9 Å². The van der Waals surface area contributed by atoms with E-state index in [9.17, 15) is 4.79 Å². The molecule has 0 fully saturated rings. The molecule has 0 spiro atoms. The van der Waals surface area contributed by atoms with E-state index < -0.39 is 0 Å². The molecule has 0 unspecified atom stereocenters. The Kier molecular flexibility index (Phi) is 4.23. The second kappa shape index (κ2) is 6.84. The van der Waals surface area contributed by atoms with Crippen molar-refractivity contribution in [2.24, 2.45) is 0 Å². The molecule has 3 aromatic carbocycles. The van der Waals surface area contributed by atoms with E-state index >= 15 is 0 Å². The molecular formula is C22H18N2O2. The molecule has 0 radical (unpaired) electrons. The van der Waals surface area contributed by atoms with Crippen molar-refractivity contribution in [3.63, 3.8) is 0 Å². The first-order valence-electron chi connectivity index (χ1n) is 8.47. The summed E-state index contributed by atoms with van der Waals surface area (Å²) in [5, 5.41) is 0.595. The lowest BCUT2D eigenvalue weighted by Crippen LogP contribution is -2.09. The van der Waals surface area contributed by atoms with Crippen LogP contribution in [-0.4, -0.2) is 9.97 Å². The van der Waals surface area contributed by atoms with Crippen molar-refractivity contribution in [3.8, 4) is 16.9 Å². The van der Waals surface area contributed by atoms with Gasteiger partial charge in [-0.25, -0.2) is 4.98 Å². The second-order valence-electron chi connectivity index (χ2n) is 6.18. The van der Waals surface area contributed by atoms with Crippen molar-refractivity contribution in [2.45, 2.75) is 13.5 Å². The zero-order valence-electron chi connectivity index (χ0n) is 14.4. The molecule has 0 amide bonds. The number of aromatic nitrogens is 2. The van der Waals surface area contributed by atoms with Crippen molar-refractivity contribution in [3.05, 3.63) is 94.5 Å². The van der Waals surface area contributed by atoms with Gasteiger partial charge < -0.3 is 9.72 Å². The zero-order chi connectivity index (χ0) is 17.9. The summed E-state index contributed by atoms with van der Waals surface area (Å²) in [4.78, 5) is 19.3. The summed E-state index contributed by atoms with van der Waals surface area (Å²) in [5.41, 5.74) is 3.73. The normalized spacial score (nSPS) is 10.8. The first-order chi connectivity index (χ1) is 12.7. The predicted molar refractivity (Wildman–Crippen MR) is 103 cm³/mol. The van der Waals surface area contributed by atoms with E-state index in [4.69, 9.17) is 4.74 Å². The van der Waals surface area contributed by atoms with Gasteiger partial charge in [0.15, 0.2) is 0 Å². The average molecular weight is 342 g/mol. The minimum atomic E-state index is -0.114. The molecule has 1 heterocycles. The molecule has 4 heteroatoms. The molecule has 0 aliphatic heterocycles. The highest BCUT2D eigenvalue weighted by Gasteiger charge is 2.05. The summed E-state index contributed by atoms with van der Waals surface area (Å²) in [6.45, 7) is 2.32. The largest absolute Gasteiger partial charge is 0.489 e. The van der Waals surface area contributed by atoms with Crippen molar-refractivity contribution < 1.29 is 4.74 Å². The van der Waals surface area contributed by atoms with E-state index in [0.717, 1.165) is 22.4 Å². The van der Waals surface area contributed by atoms with Gasteiger partial charge in [0.25, 0.3) is 5.56 Å². The molecule has 0 atom stereocenters. The topological polar surface area (TPSA) is 55.0 Å². The summed E-state index contributed by atoms with van der Waals surface area (Å²) >= 11 is 0. The summed E-state index contributed by atoms with van der Waals surface area (Å²) in [6, 6.07) is 23.7. The van der Waals surface area contributed by atoms with Crippen LogP contribution in [0.5, 0.6) is 5.75 Å². The molecule has 0 saturated heterocycles. The first kappa shape index (κ1) is 16.1. The number of nitrogens with zero attached hydrogens (tertiary/aromatic N) is 1. The third-order valence-corrected chi connectivity index (χ3v) is 4.26. The van der Waals surface area contributed by atoms with E-state index in [-0.39, 0.29) is 5.56 Å². The van der Waals surface area contributed by atoms with E-state index in [1.165, 1.54) is 0 Å². The number of hydrogen-bond donors (Lipinski definition) is 1. The summed E-state index contributed by atoms with van der Waals surface area (Å²) in [6.07, 6.45) is 0. The number of rotatable bonds is 4. The van der Waals surface area contributed by atoms with Crippen LogP contribution in [0.1, 0.15) is 11.4 Å². The van der Waals surface area contributed by atoms with Crippen LogP contribution in [0.25, 0.3) is 22.0 Å². The van der Waals surface area contributed by atoms with Crippen molar-refractivity contribution in [2.75, 3.05) is 0 Å². The van der Waals surface area contributed by atoms with E-state index in [0.29, 0.717) is 23.3 Å². The van der Waals surface area contributed by atoms with Gasteiger partial charge in [0, 0.05) is 0 Å². The molecule has 0 saturated carbocycles. The average Bonchev–Trinajstić information content (AvgIpc) is 2.67. The Labute approximate surface area is 151 Å². The molecule has 0 aliphatic carbocycles. The Morgan fingerprint density at radius 1 is 0.923 bits per heavy atom. The predicted octanol–water partition coefficient (Wildman–Crippen LogP) is 4.48. The Balaban J connectivity index is 1.57. The number of nitrogens with one attached hydrogen (secondary N) is 1. The fourth-order valence-electron chi connectivity index (χ4n) is 2.92. The minimum Gasteiger partial charge on any atom is -0.489 e. The number of ether oxygens (including phenoxy) is 1. The van der Waals surface area contributed by atoms with E-state index in [1.54, 1.807) is 6.92 Å². The van der Waals surface area contributed by atoms with Gasteiger partial charge in [-0.2, -0.15) is 0 Å². The Morgan fingerprint density at radius 3 is 2.42 bits per heavy atom. The van der Waals surface area contributed by atoms with Gasteiger partial charge in [-0.05, 0) is 47.9 Å². The van der Waals surface area contributed by atoms with Crippen LogP contribution in [0, 0.1) is 6.92 Å². The zero-order valence-corrected chi connectivity index (χ0v) is 14.4. The second-order valence-corrected chi connectivity index (χ2v) is 6.18. The number of fused-ring (bicyclic) bond motifs is 1. The molecule has 4 rings (SSSR count). The number of aromatic amines is 1. The van der Waals surface area contributed by atoms with E-state index in [2.05, 4.69) is 9.97 Å². The van der Waals surface area contributed by atoms with Gasteiger partial charge in [-0.15, -0.1) is 0 Å². The molecule has 1 aromatic heterocycles. The molecular weight excluding hydrogens is 324 g/mol. The number of H-pyrrole nitrogens is 1. The SMILES string of the molecule is Cc1nc2ccc(-c3ccc(OCc4ccccc4)cc3)cc2c(=O)[nH]1. The minimum absolute atomic E-state index is 0.114. The molecule has 128 valence electrons. The van der Waals surface area contributed by atoms with Crippen LogP contribution < -0.4 is 10.3 Å². The third-order valence-electron chi connectivity index (χ3n) is 4.26.